The van der Waals surface area contributed by atoms with E-state index in [9.17, 15) is 14.0 Å². The molecule has 0 aliphatic rings. The smallest absolute Gasteiger partial charge is 0.325 e. The summed E-state index contributed by atoms with van der Waals surface area (Å²) in [5.74, 6) is -0.706. The molecule has 0 radical (unpaired) electrons. The van der Waals surface area contributed by atoms with Crippen molar-refractivity contribution in [3.8, 4) is 0 Å². The Morgan fingerprint density at radius 3 is 2.26 bits per heavy atom. The maximum atomic E-state index is 12.9. The number of halogens is 1. The van der Waals surface area contributed by atoms with Crippen LogP contribution in [0.5, 0.6) is 0 Å². The zero-order valence-electron chi connectivity index (χ0n) is 12.6. The fourth-order valence-corrected chi connectivity index (χ4v) is 2.61. The number of aromatic nitrogens is 2. The van der Waals surface area contributed by atoms with Crippen LogP contribution in [0.4, 0.5) is 10.1 Å². The second kappa shape index (κ2) is 6.08. The summed E-state index contributed by atoms with van der Waals surface area (Å²) in [5, 5.41) is 2.66. The summed E-state index contributed by atoms with van der Waals surface area (Å²) < 4.78 is 15.9. The number of aryl methyl sites for hydroxylation is 1. The molecule has 23 heavy (non-hydrogen) atoms. The van der Waals surface area contributed by atoms with Crippen LogP contribution in [-0.4, -0.2) is 15.0 Å². The minimum Gasteiger partial charge on any atom is -0.325 e. The molecule has 0 unspecified atom stereocenters. The number of imidazole rings is 1. The summed E-state index contributed by atoms with van der Waals surface area (Å²) in [6.07, 6.45) is 0. The topological polar surface area (TPSA) is 56.0 Å². The Morgan fingerprint density at radius 1 is 1.04 bits per heavy atom. The number of fused-ring (bicyclic) bond motifs is 1. The lowest BCUT2D eigenvalue weighted by molar-refractivity contribution is -0.116. The number of rotatable bonds is 4. The van der Waals surface area contributed by atoms with Crippen molar-refractivity contribution in [2.45, 2.75) is 20.0 Å². The van der Waals surface area contributed by atoms with E-state index in [0.717, 1.165) is 5.52 Å². The number of benzene rings is 2. The average molecular weight is 313 g/mol. The molecule has 3 aromatic rings. The molecule has 0 saturated heterocycles. The summed E-state index contributed by atoms with van der Waals surface area (Å²) >= 11 is 0. The Morgan fingerprint density at radius 2 is 1.65 bits per heavy atom. The molecule has 5 nitrogen and oxygen atoms in total. The molecule has 2 aromatic carbocycles. The molecule has 0 bridgehead atoms. The van der Waals surface area contributed by atoms with Crippen LogP contribution < -0.4 is 11.0 Å². The Labute approximate surface area is 132 Å². The highest BCUT2D eigenvalue weighted by atomic mass is 19.1. The van der Waals surface area contributed by atoms with Crippen molar-refractivity contribution >= 4 is 22.6 Å². The predicted molar refractivity (Wildman–Crippen MR) is 86.9 cm³/mol. The van der Waals surface area contributed by atoms with Gasteiger partial charge in [-0.25, -0.2) is 9.18 Å². The first-order valence-corrected chi connectivity index (χ1v) is 7.33. The van der Waals surface area contributed by atoms with E-state index < -0.39 is 0 Å². The molecule has 0 spiro atoms. The van der Waals surface area contributed by atoms with Crippen LogP contribution in [0.3, 0.4) is 0 Å². The predicted octanol–water partition coefficient (Wildman–Crippen LogP) is 2.60. The zero-order valence-corrected chi connectivity index (χ0v) is 12.6. The Balaban J connectivity index is 1.89. The Kier molecular flexibility index (Phi) is 3.97. The molecule has 1 amide bonds. The van der Waals surface area contributed by atoms with E-state index in [2.05, 4.69) is 5.32 Å². The van der Waals surface area contributed by atoms with Gasteiger partial charge in [0.2, 0.25) is 5.91 Å². The van der Waals surface area contributed by atoms with Gasteiger partial charge in [0, 0.05) is 12.2 Å². The van der Waals surface area contributed by atoms with E-state index in [1.807, 2.05) is 31.2 Å². The van der Waals surface area contributed by atoms with Crippen LogP contribution in [0.2, 0.25) is 0 Å². The molecular weight excluding hydrogens is 297 g/mol. The highest BCUT2D eigenvalue weighted by Gasteiger charge is 2.14. The van der Waals surface area contributed by atoms with Crippen LogP contribution >= 0.6 is 0 Å². The number of hydrogen-bond donors (Lipinski definition) is 1. The number of nitrogens with zero attached hydrogens (tertiary/aromatic N) is 2. The lowest BCUT2D eigenvalue weighted by Gasteiger charge is -2.06. The van der Waals surface area contributed by atoms with Gasteiger partial charge in [0.15, 0.2) is 0 Å². The van der Waals surface area contributed by atoms with Crippen LogP contribution in [0, 0.1) is 5.82 Å². The van der Waals surface area contributed by atoms with E-state index in [1.54, 1.807) is 4.57 Å². The van der Waals surface area contributed by atoms with Gasteiger partial charge in [-0.1, -0.05) is 12.1 Å². The van der Waals surface area contributed by atoms with Crippen molar-refractivity contribution in [1.82, 2.24) is 9.13 Å². The summed E-state index contributed by atoms with van der Waals surface area (Å²) in [6.45, 7) is 2.33. The first-order chi connectivity index (χ1) is 11.1. The fourth-order valence-electron chi connectivity index (χ4n) is 2.61. The number of carbonyl (C=O) groups excluding carboxylic acids is 1. The van der Waals surface area contributed by atoms with Crippen molar-refractivity contribution in [2.75, 3.05) is 5.32 Å². The van der Waals surface area contributed by atoms with Crippen LogP contribution in [-0.2, 0) is 17.9 Å². The van der Waals surface area contributed by atoms with Gasteiger partial charge in [-0.3, -0.25) is 13.9 Å². The van der Waals surface area contributed by atoms with E-state index in [1.165, 1.54) is 28.8 Å². The average Bonchev–Trinajstić information content (AvgIpc) is 2.81. The first kappa shape index (κ1) is 15.0. The summed E-state index contributed by atoms with van der Waals surface area (Å²) in [4.78, 5) is 24.6. The number of amides is 1. The van der Waals surface area contributed by atoms with Crippen LogP contribution in [0.25, 0.3) is 11.0 Å². The molecule has 0 aliphatic carbocycles. The molecule has 0 saturated carbocycles. The van der Waals surface area contributed by atoms with Gasteiger partial charge in [-0.2, -0.15) is 0 Å². The number of nitrogens with one attached hydrogen (secondary N) is 1. The molecule has 0 atom stereocenters. The number of para-hydroxylation sites is 2. The SMILES string of the molecule is CCn1c(=O)n(CC(=O)Nc2ccc(F)cc2)c2ccccc21. The van der Waals surface area contributed by atoms with E-state index >= 15 is 0 Å². The van der Waals surface area contributed by atoms with Gasteiger partial charge in [-0.15, -0.1) is 0 Å². The molecule has 6 heteroatoms. The van der Waals surface area contributed by atoms with Gasteiger partial charge >= 0.3 is 5.69 Å². The lowest BCUT2D eigenvalue weighted by atomic mass is 10.3. The number of hydrogen-bond acceptors (Lipinski definition) is 2. The third-order valence-electron chi connectivity index (χ3n) is 3.67. The summed E-state index contributed by atoms with van der Waals surface area (Å²) in [6, 6.07) is 12.8. The number of carbonyl (C=O) groups is 1. The fraction of sp³-hybridized carbons (Fsp3) is 0.176. The second-order valence-electron chi connectivity index (χ2n) is 5.16. The van der Waals surface area contributed by atoms with Crippen molar-refractivity contribution in [3.63, 3.8) is 0 Å². The van der Waals surface area contributed by atoms with Crippen molar-refractivity contribution < 1.29 is 9.18 Å². The lowest BCUT2D eigenvalue weighted by Crippen LogP contribution is -2.29. The largest absolute Gasteiger partial charge is 0.329 e. The molecule has 1 heterocycles. The minimum absolute atomic E-state index is 0.0935. The van der Waals surface area contributed by atoms with E-state index in [0.29, 0.717) is 17.7 Å². The standard InChI is InChI=1S/C17H16FN3O2/c1-2-20-14-5-3-4-6-15(14)21(17(20)23)11-16(22)19-13-9-7-12(18)8-10-13/h3-10H,2,11H2,1H3,(H,19,22). The summed E-state index contributed by atoms with van der Waals surface area (Å²) in [5.41, 5.74) is 1.79. The highest BCUT2D eigenvalue weighted by Crippen LogP contribution is 2.13. The first-order valence-electron chi connectivity index (χ1n) is 7.33. The van der Waals surface area contributed by atoms with Crippen molar-refractivity contribution in [2.24, 2.45) is 0 Å². The quantitative estimate of drug-likeness (QED) is 0.805. The molecule has 3 rings (SSSR count). The molecule has 118 valence electrons. The van der Waals surface area contributed by atoms with Crippen molar-refractivity contribution in [1.29, 1.82) is 0 Å². The zero-order chi connectivity index (χ0) is 16.4. The molecular formula is C17H16FN3O2. The van der Waals surface area contributed by atoms with E-state index in [4.69, 9.17) is 0 Å². The summed E-state index contributed by atoms with van der Waals surface area (Å²) in [7, 11) is 0. The van der Waals surface area contributed by atoms with Gasteiger partial charge in [0.1, 0.15) is 12.4 Å². The molecule has 0 aliphatic heterocycles. The van der Waals surface area contributed by atoms with Gasteiger partial charge in [0.05, 0.1) is 11.0 Å². The number of anilines is 1. The van der Waals surface area contributed by atoms with Crippen LogP contribution in [0.15, 0.2) is 53.3 Å². The third-order valence-corrected chi connectivity index (χ3v) is 3.67. The second-order valence-corrected chi connectivity index (χ2v) is 5.16. The maximum absolute atomic E-state index is 12.9. The van der Waals surface area contributed by atoms with Crippen LogP contribution in [0.1, 0.15) is 6.92 Å². The monoisotopic (exact) mass is 313 g/mol. The minimum atomic E-state index is -0.370. The highest BCUT2D eigenvalue weighted by molar-refractivity contribution is 5.91. The van der Waals surface area contributed by atoms with Crippen molar-refractivity contribution in [3.05, 3.63) is 64.8 Å². The molecule has 1 aromatic heterocycles. The Bertz CT molecular complexity index is 910. The van der Waals surface area contributed by atoms with Gasteiger partial charge in [-0.05, 0) is 43.3 Å². The normalized spacial score (nSPS) is 10.9. The molecule has 0 fully saturated rings. The van der Waals surface area contributed by atoms with Gasteiger partial charge < -0.3 is 5.32 Å². The van der Waals surface area contributed by atoms with Gasteiger partial charge in [0.25, 0.3) is 0 Å². The maximum Gasteiger partial charge on any atom is 0.329 e. The Hall–Kier alpha value is -2.89. The van der Waals surface area contributed by atoms with E-state index in [-0.39, 0.29) is 24.0 Å². The third kappa shape index (κ3) is 2.88. The molecule has 1 N–H and O–H groups in total.